The van der Waals surface area contributed by atoms with Gasteiger partial charge in [-0.2, -0.15) is 0 Å². The minimum atomic E-state index is -1.31. The lowest BCUT2D eigenvalue weighted by Crippen LogP contribution is -2.42. The van der Waals surface area contributed by atoms with Gasteiger partial charge in [0.05, 0.1) is 12.4 Å². The van der Waals surface area contributed by atoms with Gasteiger partial charge in [-0.25, -0.2) is 23.0 Å². The van der Waals surface area contributed by atoms with E-state index in [4.69, 9.17) is 4.74 Å². The van der Waals surface area contributed by atoms with E-state index in [1.807, 2.05) is 0 Å². The van der Waals surface area contributed by atoms with Crippen molar-refractivity contribution in [3.63, 3.8) is 0 Å². The summed E-state index contributed by atoms with van der Waals surface area (Å²) in [6, 6.07) is 0.253. The van der Waals surface area contributed by atoms with Gasteiger partial charge in [0.2, 0.25) is 5.91 Å². The van der Waals surface area contributed by atoms with E-state index in [0.717, 1.165) is 0 Å². The van der Waals surface area contributed by atoms with Crippen LogP contribution in [0.1, 0.15) is 25.8 Å². The van der Waals surface area contributed by atoms with Gasteiger partial charge in [-0.1, -0.05) is 0 Å². The van der Waals surface area contributed by atoms with E-state index in [1.165, 1.54) is 17.4 Å². The summed E-state index contributed by atoms with van der Waals surface area (Å²) in [6.07, 6.45) is 2.93. The number of ether oxygens (including phenoxy) is 1. The molecule has 0 radical (unpaired) electrons. The van der Waals surface area contributed by atoms with Crippen LogP contribution in [0.25, 0.3) is 0 Å². The lowest BCUT2D eigenvalue weighted by Gasteiger charge is -2.23. The molecule has 1 heterocycles. The van der Waals surface area contributed by atoms with Crippen molar-refractivity contribution in [2.75, 3.05) is 6.54 Å². The van der Waals surface area contributed by atoms with Crippen molar-refractivity contribution >= 4 is 18.3 Å². The fourth-order valence-electron chi connectivity index (χ4n) is 2.46. The molecular weight excluding hydrogens is 363 g/mol. The molecular formula is C18H20F3N3O3. The van der Waals surface area contributed by atoms with Crippen molar-refractivity contribution in [2.24, 2.45) is 4.99 Å². The highest BCUT2D eigenvalue weighted by Gasteiger charge is 2.23. The first-order chi connectivity index (χ1) is 12.8. The molecule has 1 unspecified atom stereocenters. The van der Waals surface area contributed by atoms with E-state index < -0.39 is 35.7 Å². The van der Waals surface area contributed by atoms with Crippen molar-refractivity contribution < 1.29 is 27.5 Å². The fraction of sp³-hybridized carbons (Fsp3) is 0.389. The Morgan fingerprint density at radius 1 is 1.22 bits per heavy atom. The van der Waals surface area contributed by atoms with E-state index in [1.54, 1.807) is 19.9 Å². The number of benzene rings is 1. The quantitative estimate of drug-likeness (QED) is 0.768. The highest BCUT2D eigenvalue weighted by atomic mass is 19.2. The van der Waals surface area contributed by atoms with Gasteiger partial charge >= 0.3 is 6.09 Å². The lowest BCUT2D eigenvalue weighted by molar-refractivity contribution is -0.127. The first-order valence-corrected chi connectivity index (χ1v) is 8.34. The van der Waals surface area contributed by atoms with Gasteiger partial charge in [0.15, 0.2) is 11.6 Å². The van der Waals surface area contributed by atoms with Crippen LogP contribution < -0.4 is 5.32 Å². The van der Waals surface area contributed by atoms with Gasteiger partial charge in [-0.3, -0.25) is 9.69 Å². The normalized spacial score (nSPS) is 14.4. The van der Waals surface area contributed by atoms with Crippen molar-refractivity contribution in [3.05, 3.63) is 47.4 Å². The highest BCUT2D eigenvalue weighted by Crippen LogP contribution is 2.17. The zero-order valence-electron chi connectivity index (χ0n) is 14.9. The minimum absolute atomic E-state index is 0.163. The Labute approximate surface area is 154 Å². The molecule has 6 nitrogen and oxygen atoms in total. The summed E-state index contributed by atoms with van der Waals surface area (Å²) in [5.41, 5.74) is -0.163. The molecule has 0 spiro atoms. The number of amides is 2. The van der Waals surface area contributed by atoms with Gasteiger partial charge in [-0.15, -0.1) is 0 Å². The monoisotopic (exact) mass is 383 g/mol. The second-order valence-electron chi connectivity index (χ2n) is 6.26. The maximum atomic E-state index is 14.0. The molecule has 146 valence electrons. The molecule has 0 fully saturated rings. The van der Waals surface area contributed by atoms with E-state index in [9.17, 15) is 22.8 Å². The van der Waals surface area contributed by atoms with Crippen LogP contribution in [0.5, 0.6) is 0 Å². The Bertz CT molecular complexity index is 766. The summed E-state index contributed by atoms with van der Waals surface area (Å²) in [7, 11) is 0. The summed E-state index contributed by atoms with van der Waals surface area (Å²) >= 11 is 0. The summed E-state index contributed by atoms with van der Waals surface area (Å²) in [5, 5.41) is 2.47. The third-order valence-electron chi connectivity index (χ3n) is 3.66. The number of hydrogen-bond donors (Lipinski definition) is 1. The molecule has 0 bridgehead atoms. The van der Waals surface area contributed by atoms with Crippen LogP contribution >= 0.6 is 0 Å². The number of carbonyl (C=O) groups excluding carboxylic acids is 2. The summed E-state index contributed by atoms with van der Waals surface area (Å²) in [5.74, 6) is -3.87. The third-order valence-corrected chi connectivity index (χ3v) is 3.66. The van der Waals surface area contributed by atoms with Crippen LogP contribution in [-0.2, 0) is 16.0 Å². The zero-order valence-corrected chi connectivity index (χ0v) is 14.9. The molecule has 0 aliphatic carbocycles. The number of rotatable bonds is 6. The Morgan fingerprint density at radius 2 is 1.93 bits per heavy atom. The number of alkyl carbamates (subject to hydrolysis) is 1. The van der Waals surface area contributed by atoms with Crippen molar-refractivity contribution in [2.45, 2.75) is 38.8 Å². The fourth-order valence-corrected chi connectivity index (χ4v) is 2.46. The molecule has 2 rings (SSSR count). The first kappa shape index (κ1) is 20.5. The standard InChI is InChI=1S/C18H20F3N3O3/c1-11(2)27-18(26)23-13(8-17(25)24-5-3-4-22-10-24)6-12-7-15(20)16(21)9-14(12)19/h3-4,7,9-11,13H,5-6,8H2,1-2H3,(H,23,26). The number of nitrogens with zero attached hydrogens (tertiary/aromatic N) is 2. The van der Waals surface area contributed by atoms with Crippen LogP contribution in [-0.4, -0.2) is 41.9 Å². The molecule has 0 aromatic heterocycles. The van der Waals surface area contributed by atoms with Crippen LogP contribution in [0.2, 0.25) is 0 Å². The topological polar surface area (TPSA) is 71.0 Å². The van der Waals surface area contributed by atoms with Gasteiger partial charge in [0.25, 0.3) is 0 Å². The first-order valence-electron chi connectivity index (χ1n) is 8.34. The molecule has 0 saturated heterocycles. The molecule has 1 aromatic rings. The van der Waals surface area contributed by atoms with Crippen molar-refractivity contribution in [1.29, 1.82) is 0 Å². The highest BCUT2D eigenvalue weighted by molar-refractivity contribution is 5.89. The zero-order chi connectivity index (χ0) is 20.0. The van der Waals surface area contributed by atoms with Gasteiger partial charge in [-0.05, 0) is 38.0 Å². The van der Waals surface area contributed by atoms with Crippen LogP contribution in [0, 0.1) is 17.5 Å². The van der Waals surface area contributed by atoms with Crippen LogP contribution in [0.3, 0.4) is 0 Å². The Balaban J connectivity index is 2.14. The summed E-state index contributed by atoms with van der Waals surface area (Å²) < 4.78 is 45.5. The van der Waals surface area contributed by atoms with E-state index >= 15 is 0 Å². The maximum Gasteiger partial charge on any atom is 0.407 e. The Kier molecular flexibility index (Phi) is 6.98. The van der Waals surface area contributed by atoms with Crippen molar-refractivity contribution in [3.8, 4) is 0 Å². The largest absolute Gasteiger partial charge is 0.447 e. The lowest BCUT2D eigenvalue weighted by atomic mass is 10.0. The molecule has 1 atom stereocenters. The molecule has 27 heavy (non-hydrogen) atoms. The van der Waals surface area contributed by atoms with Crippen molar-refractivity contribution in [1.82, 2.24) is 10.2 Å². The molecule has 1 N–H and O–H groups in total. The SMILES string of the molecule is CC(C)OC(=O)NC(CC(=O)N1C=NC=CC1)Cc1cc(F)c(F)cc1F. The molecule has 1 aromatic carbocycles. The summed E-state index contributed by atoms with van der Waals surface area (Å²) in [4.78, 5) is 29.4. The smallest absolute Gasteiger partial charge is 0.407 e. The molecule has 9 heteroatoms. The molecule has 1 aliphatic rings. The maximum absolute atomic E-state index is 14.0. The van der Waals surface area contributed by atoms with E-state index in [-0.39, 0.29) is 24.3 Å². The number of halogens is 3. The second kappa shape index (κ2) is 9.20. The Morgan fingerprint density at radius 3 is 2.56 bits per heavy atom. The summed E-state index contributed by atoms with van der Waals surface area (Å²) in [6.45, 7) is 3.60. The molecule has 1 aliphatic heterocycles. The van der Waals surface area contributed by atoms with Gasteiger partial charge < -0.3 is 10.1 Å². The minimum Gasteiger partial charge on any atom is -0.447 e. The molecule has 2 amide bonds. The average molecular weight is 383 g/mol. The number of hydrogen-bond acceptors (Lipinski definition) is 4. The van der Waals surface area contributed by atoms with Crippen LogP contribution in [0.4, 0.5) is 18.0 Å². The third kappa shape index (κ3) is 6.12. The van der Waals surface area contributed by atoms with E-state index in [2.05, 4.69) is 10.3 Å². The number of carbonyl (C=O) groups is 2. The van der Waals surface area contributed by atoms with E-state index in [0.29, 0.717) is 18.7 Å². The van der Waals surface area contributed by atoms with Gasteiger partial charge in [0.1, 0.15) is 5.82 Å². The number of nitrogens with one attached hydrogen (secondary N) is 1. The van der Waals surface area contributed by atoms with Crippen LogP contribution in [0.15, 0.2) is 29.4 Å². The predicted molar refractivity (Wildman–Crippen MR) is 92.5 cm³/mol. The number of aliphatic imine (C=N–C) groups is 1. The second-order valence-corrected chi connectivity index (χ2v) is 6.26. The average Bonchev–Trinajstić information content (AvgIpc) is 2.59. The van der Waals surface area contributed by atoms with Gasteiger partial charge in [0, 0.05) is 31.3 Å². The molecule has 0 saturated carbocycles. The predicted octanol–water partition coefficient (Wildman–Crippen LogP) is 2.92. The Hall–Kier alpha value is -2.84.